The van der Waals surface area contributed by atoms with Gasteiger partial charge in [0, 0.05) is 12.3 Å². The van der Waals surface area contributed by atoms with Crippen molar-refractivity contribution in [3.63, 3.8) is 0 Å². The van der Waals surface area contributed by atoms with Crippen LogP contribution in [0, 0.1) is 5.82 Å². The first-order valence-corrected chi connectivity index (χ1v) is 8.67. The molecule has 1 aromatic carbocycles. The molecule has 2 aromatic heterocycles. The van der Waals surface area contributed by atoms with Crippen molar-refractivity contribution in [1.82, 2.24) is 9.55 Å². The number of thiophene rings is 1. The van der Waals surface area contributed by atoms with E-state index in [4.69, 9.17) is 11.6 Å². The van der Waals surface area contributed by atoms with E-state index in [1.807, 2.05) is 12.3 Å². The average molecular weight is 355 g/mol. The van der Waals surface area contributed by atoms with Gasteiger partial charge >= 0.3 is 0 Å². The van der Waals surface area contributed by atoms with E-state index in [0.717, 1.165) is 10.4 Å². The van der Waals surface area contributed by atoms with Crippen molar-refractivity contribution in [3.8, 4) is 0 Å². The molecule has 0 saturated carbocycles. The summed E-state index contributed by atoms with van der Waals surface area (Å²) in [5, 5.41) is 3.22. The zero-order valence-electron chi connectivity index (χ0n) is 11.8. The Kier molecular flexibility index (Phi) is 4.25. The van der Waals surface area contributed by atoms with E-state index in [2.05, 4.69) is 4.98 Å². The first-order chi connectivity index (χ1) is 10.5. The normalized spacial score (nSPS) is 12.7. The highest BCUT2D eigenvalue weighted by atomic mass is 35.5. The first kappa shape index (κ1) is 15.5. The fraction of sp³-hybridized carbons (Fsp3) is 0.200. The molecular weight excluding hydrogens is 343 g/mol. The van der Waals surface area contributed by atoms with E-state index in [-0.39, 0.29) is 15.8 Å². The number of rotatable bonds is 3. The summed E-state index contributed by atoms with van der Waals surface area (Å²) in [6.07, 6.45) is 0. The summed E-state index contributed by atoms with van der Waals surface area (Å²) in [5.41, 5.74) is 0.829. The molecule has 0 N–H and O–H groups in total. The van der Waals surface area contributed by atoms with Crippen LogP contribution in [0.1, 0.15) is 17.7 Å². The summed E-state index contributed by atoms with van der Waals surface area (Å²) < 4.78 is 14.8. The van der Waals surface area contributed by atoms with Crippen molar-refractivity contribution in [3.05, 3.63) is 56.4 Å². The van der Waals surface area contributed by atoms with Gasteiger partial charge in [-0.15, -0.1) is 11.3 Å². The lowest BCUT2D eigenvalue weighted by Gasteiger charge is -2.14. The predicted octanol–water partition coefficient (Wildman–Crippen LogP) is 4.64. The Morgan fingerprint density at radius 1 is 1.41 bits per heavy atom. The third kappa shape index (κ3) is 2.78. The molecule has 0 aliphatic rings. The van der Waals surface area contributed by atoms with Gasteiger partial charge in [0.15, 0.2) is 5.16 Å². The van der Waals surface area contributed by atoms with Gasteiger partial charge in [-0.3, -0.25) is 9.36 Å². The molecule has 3 nitrogen and oxygen atoms in total. The molecular formula is C15H12ClFN2OS2. The number of aromatic nitrogens is 2. The standard InChI is InChI=1S/C15H12ClFN2OS2/c1-8(9-3-4-12(17)11(16)7-9)22-15-18-13-10(5-6-21-13)14(20)19(15)2/h3-8H,1-2H3. The molecule has 0 spiro atoms. The second-order valence-electron chi connectivity index (χ2n) is 4.83. The molecule has 0 aliphatic carbocycles. The van der Waals surface area contributed by atoms with E-state index < -0.39 is 5.82 Å². The summed E-state index contributed by atoms with van der Waals surface area (Å²) in [7, 11) is 1.71. The number of nitrogens with zero attached hydrogens (tertiary/aromatic N) is 2. The zero-order valence-corrected chi connectivity index (χ0v) is 14.2. The molecule has 0 aliphatic heterocycles. The van der Waals surface area contributed by atoms with Crippen LogP contribution in [0.5, 0.6) is 0 Å². The molecule has 114 valence electrons. The highest BCUT2D eigenvalue weighted by Gasteiger charge is 2.15. The molecule has 0 radical (unpaired) electrons. The van der Waals surface area contributed by atoms with E-state index in [0.29, 0.717) is 10.5 Å². The molecule has 1 atom stereocenters. The molecule has 0 bridgehead atoms. The Hall–Kier alpha value is -1.37. The smallest absolute Gasteiger partial charge is 0.262 e. The van der Waals surface area contributed by atoms with Crippen molar-refractivity contribution in [2.75, 3.05) is 0 Å². The van der Waals surface area contributed by atoms with E-state index in [9.17, 15) is 9.18 Å². The van der Waals surface area contributed by atoms with Crippen LogP contribution in [0.25, 0.3) is 10.2 Å². The molecule has 22 heavy (non-hydrogen) atoms. The van der Waals surface area contributed by atoms with Crippen LogP contribution in [0.3, 0.4) is 0 Å². The summed E-state index contributed by atoms with van der Waals surface area (Å²) in [6, 6.07) is 6.44. The van der Waals surface area contributed by atoms with Crippen molar-refractivity contribution in [1.29, 1.82) is 0 Å². The second-order valence-corrected chi connectivity index (χ2v) is 7.44. The molecule has 2 heterocycles. The largest absolute Gasteiger partial charge is 0.290 e. The molecule has 7 heteroatoms. The van der Waals surface area contributed by atoms with E-state index in [1.165, 1.54) is 29.2 Å². The fourth-order valence-corrected chi connectivity index (χ4v) is 4.06. The molecule has 0 saturated heterocycles. The lowest BCUT2D eigenvalue weighted by molar-refractivity contribution is 0.627. The van der Waals surface area contributed by atoms with Crippen LogP contribution in [-0.4, -0.2) is 9.55 Å². The summed E-state index contributed by atoms with van der Waals surface area (Å²) in [6.45, 7) is 1.97. The van der Waals surface area contributed by atoms with Crippen LogP contribution in [-0.2, 0) is 7.05 Å². The second kappa shape index (κ2) is 6.02. The Morgan fingerprint density at radius 3 is 2.91 bits per heavy atom. The highest BCUT2D eigenvalue weighted by molar-refractivity contribution is 7.99. The minimum atomic E-state index is -0.437. The van der Waals surface area contributed by atoms with Gasteiger partial charge in [-0.2, -0.15) is 0 Å². The predicted molar refractivity (Wildman–Crippen MR) is 90.5 cm³/mol. The van der Waals surface area contributed by atoms with Crippen LogP contribution >= 0.6 is 34.7 Å². The minimum Gasteiger partial charge on any atom is -0.290 e. The summed E-state index contributed by atoms with van der Waals surface area (Å²) >= 11 is 8.72. The van der Waals surface area contributed by atoms with Crippen molar-refractivity contribution in [2.45, 2.75) is 17.3 Å². The van der Waals surface area contributed by atoms with Gasteiger partial charge in [-0.05, 0) is 36.1 Å². The SMILES string of the molecule is CC(Sc1nc2sccc2c(=O)n1C)c1ccc(F)c(Cl)c1. The van der Waals surface area contributed by atoms with Gasteiger partial charge in [-0.25, -0.2) is 9.37 Å². The highest BCUT2D eigenvalue weighted by Crippen LogP contribution is 2.35. The number of thioether (sulfide) groups is 1. The number of benzene rings is 1. The van der Waals surface area contributed by atoms with Gasteiger partial charge in [0.25, 0.3) is 5.56 Å². The van der Waals surface area contributed by atoms with Gasteiger partial charge in [-0.1, -0.05) is 29.4 Å². The van der Waals surface area contributed by atoms with Crippen LogP contribution in [0.2, 0.25) is 5.02 Å². The molecule has 0 amide bonds. The van der Waals surface area contributed by atoms with Gasteiger partial charge < -0.3 is 0 Å². The van der Waals surface area contributed by atoms with Crippen LogP contribution < -0.4 is 5.56 Å². The van der Waals surface area contributed by atoms with Gasteiger partial charge in [0.2, 0.25) is 0 Å². The maximum absolute atomic E-state index is 13.2. The van der Waals surface area contributed by atoms with Crippen LogP contribution in [0.15, 0.2) is 39.6 Å². The first-order valence-electron chi connectivity index (χ1n) is 6.53. The zero-order chi connectivity index (χ0) is 15.9. The van der Waals surface area contributed by atoms with Crippen molar-refractivity contribution < 1.29 is 4.39 Å². The fourth-order valence-electron chi connectivity index (χ4n) is 2.08. The van der Waals surface area contributed by atoms with Crippen molar-refractivity contribution >= 4 is 44.9 Å². The third-order valence-corrected chi connectivity index (χ3v) is 5.66. The number of halogens is 2. The number of fused-ring (bicyclic) bond motifs is 1. The monoisotopic (exact) mass is 354 g/mol. The quantitative estimate of drug-likeness (QED) is 0.507. The summed E-state index contributed by atoms with van der Waals surface area (Å²) in [5.74, 6) is -0.437. The maximum atomic E-state index is 13.2. The maximum Gasteiger partial charge on any atom is 0.262 e. The Morgan fingerprint density at radius 2 is 2.18 bits per heavy atom. The Bertz CT molecular complexity index is 906. The number of hydrogen-bond donors (Lipinski definition) is 0. The Labute approximate surface area is 139 Å². The molecule has 3 rings (SSSR count). The lowest BCUT2D eigenvalue weighted by atomic mass is 10.2. The van der Waals surface area contributed by atoms with E-state index in [1.54, 1.807) is 29.8 Å². The minimum absolute atomic E-state index is 0.00591. The summed E-state index contributed by atoms with van der Waals surface area (Å²) in [4.78, 5) is 17.5. The van der Waals surface area contributed by atoms with Gasteiger partial charge in [0.1, 0.15) is 10.6 Å². The van der Waals surface area contributed by atoms with E-state index >= 15 is 0 Å². The molecule has 1 unspecified atom stereocenters. The molecule has 0 fully saturated rings. The van der Waals surface area contributed by atoms with Gasteiger partial charge in [0.05, 0.1) is 10.4 Å². The van der Waals surface area contributed by atoms with Crippen LogP contribution in [0.4, 0.5) is 4.39 Å². The van der Waals surface area contributed by atoms with Crippen molar-refractivity contribution in [2.24, 2.45) is 7.05 Å². The topological polar surface area (TPSA) is 34.9 Å². The molecule has 3 aromatic rings. The number of hydrogen-bond acceptors (Lipinski definition) is 4. The third-order valence-electron chi connectivity index (χ3n) is 3.36. The average Bonchev–Trinajstić information content (AvgIpc) is 2.95. The lowest BCUT2D eigenvalue weighted by Crippen LogP contribution is -2.19. The Balaban J connectivity index is 1.96.